The van der Waals surface area contributed by atoms with Gasteiger partial charge in [0.05, 0.1) is 11.8 Å². The summed E-state index contributed by atoms with van der Waals surface area (Å²) in [6, 6.07) is 15.3. The van der Waals surface area contributed by atoms with Crippen LogP contribution in [0.25, 0.3) is 11.1 Å². The molecule has 1 aromatic heterocycles. The van der Waals surface area contributed by atoms with Gasteiger partial charge in [0.2, 0.25) is 17.7 Å². The highest BCUT2D eigenvalue weighted by molar-refractivity contribution is 5.93. The molecule has 3 fully saturated rings. The lowest BCUT2D eigenvalue weighted by Gasteiger charge is -2.36. The number of nitrogens with two attached hydrogens (primary N) is 1. The van der Waals surface area contributed by atoms with Gasteiger partial charge in [-0.15, -0.1) is 5.10 Å². The number of amides is 3. The molecule has 10 nitrogen and oxygen atoms in total. The fourth-order valence-corrected chi connectivity index (χ4v) is 5.94. The Hall–Kier alpha value is -4.05. The van der Waals surface area contributed by atoms with Crippen LogP contribution in [0.5, 0.6) is 0 Å². The first-order valence-electron chi connectivity index (χ1n) is 14.5. The molecule has 4 N–H and O–H groups in total. The molecule has 0 radical (unpaired) electrons. The summed E-state index contributed by atoms with van der Waals surface area (Å²) >= 11 is 0. The van der Waals surface area contributed by atoms with Crippen molar-refractivity contribution in [1.29, 1.82) is 0 Å². The quantitative estimate of drug-likeness (QED) is 0.350. The van der Waals surface area contributed by atoms with Gasteiger partial charge in [0, 0.05) is 31.5 Å². The second-order valence-electron chi connectivity index (χ2n) is 11.7. The number of β-amino-alcohol motifs (C(OH)–C–C–N with tert-alkyl or cyclic N) is 1. The lowest BCUT2D eigenvalue weighted by Crippen LogP contribution is -2.54. The molecule has 0 bridgehead atoms. The molecule has 4 atom stereocenters. The number of primary amides is 1. The first-order valence-corrected chi connectivity index (χ1v) is 14.5. The normalized spacial score (nSPS) is 22.1. The monoisotopic (exact) mass is 556 g/mol. The minimum Gasteiger partial charge on any atom is -0.391 e. The fraction of sp³-hybridized carbons (Fsp3) is 0.452. The van der Waals surface area contributed by atoms with Crippen LogP contribution in [0.15, 0.2) is 60.8 Å². The Balaban J connectivity index is 1.16. The smallest absolute Gasteiger partial charge is 0.248 e. The molecular formula is C31H36N6O4. The summed E-state index contributed by atoms with van der Waals surface area (Å²) in [5, 5.41) is 21.9. The van der Waals surface area contributed by atoms with Crippen LogP contribution in [0.2, 0.25) is 0 Å². The predicted molar refractivity (Wildman–Crippen MR) is 151 cm³/mol. The van der Waals surface area contributed by atoms with Gasteiger partial charge in [-0.1, -0.05) is 66.2 Å². The topological polar surface area (TPSA) is 143 Å². The fourth-order valence-electron chi connectivity index (χ4n) is 5.94. The molecule has 6 rings (SSSR count). The molecule has 3 amide bonds. The van der Waals surface area contributed by atoms with Gasteiger partial charge in [0.15, 0.2) is 0 Å². The van der Waals surface area contributed by atoms with E-state index in [-0.39, 0.29) is 31.2 Å². The maximum absolute atomic E-state index is 13.9. The average molecular weight is 557 g/mol. The van der Waals surface area contributed by atoms with E-state index in [1.54, 1.807) is 4.68 Å². The highest BCUT2D eigenvalue weighted by atomic mass is 16.3. The van der Waals surface area contributed by atoms with Crippen molar-refractivity contribution < 1.29 is 19.5 Å². The van der Waals surface area contributed by atoms with Crippen molar-refractivity contribution in [1.82, 2.24) is 25.2 Å². The molecule has 10 heteroatoms. The SMILES string of the molecule is NC(=O)C(Cc1ccc(-c2ccccc2)cc1)NC(=O)C1CC(O)CN1C(=O)C(C1CCC1)n1cc(C2CC2)nn1. The van der Waals surface area contributed by atoms with Gasteiger partial charge < -0.3 is 21.1 Å². The second kappa shape index (κ2) is 11.4. The first-order chi connectivity index (χ1) is 19.9. The molecule has 1 saturated heterocycles. The van der Waals surface area contributed by atoms with Crippen molar-refractivity contribution >= 4 is 17.7 Å². The number of aromatic nitrogens is 3. The number of rotatable bonds is 10. The molecule has 3 aromatic rings. The number of benzene rings is 2. The van der Waals surface area contributed by atoms with Gasteiger partial charge in [-0.2, -0.15) is 0 Å². The number of aliphatic hydroxyl groups excluding tert-OH is 1. The zero-order chi connectivity index (χ0) is 28.5. The molecule has 2 aromatic carbocycles. The molecule has 214 valence electrons. The molecule has 2 saturated carbocycles. The molecule has 0 spiro atoms. The minimum absolute atomic E-state index is 0.0481. The number of carbonyl (C=O) groups excluding carboxylic acids is 3. The number of hydrogen-bond donors (Lipinski definition) is 3. The molecule has 41 heavy (non-hydrogen) atoms. The summed E-state index contributed by atoms with van der Waals surface area (Å²) in [6.07, 6.45) is 6.34. The lowest BCUT2D eigenvalue weighted by atomic mass is 9.79. The Kier molecular flexibility index (Phi) is 7.57. The summed E-state index contributed by atoms with van der Waals surface area (Å²) in [5.41, 5.74) is 9.56. The van der Waals surface area contributed by atoms with Gasteiger partial charge >= 0.3 is 0 Å². The van der Waals surface area contributed by atoms with E-state index in [1.807, 2.05) is 60.8 Å². The van der Waals surface area contributed by atoms with E-state index in [4.69, 9.17) is 5.73 Å². The highest BCUT2D eigenvalue weighted by Gasteiger charge is 2.45. The lowest BCUT2D eigenvalue weighted by molar-refractivity contribution is -0.144. The largest absolute Gasteiger partial charge is 0.391 e. The van der Waals surface area contributed by atoms with Crippen molar-refractivity contribution in [2.75, 3.05) is 6.54 Å². The van der Waals surface area contributed by atoms with Crippen molar-refractivity contribution in [3.63, 3.8) is 0 Å². The molecule has 1 aliphatic heterocycles. The highest BCUT2D eigenvalue weighted by Crippen LogP contribution is 2.41. The van der Waals surface area contributed by atoms with Crippen LogP contribution in [0.1, 0.15) is 61.7 Å². The third-order valence-corrected chi connectivity index (χ3v) is 8.68. The van der Waals surface area contributed by atoms with Crippen LogP contribution in [-0.2, 0) is 20.8 Å². The van der Waals surface area contributed by atoms with Crippen LogP contribution in [0, 0.1) is 5.92 Å². The number of likely N-dealkylation sites (tertiary alicyclic amines) is 1. The maximum atomic E-state index is 13.9. The van der Waals surface area contributed by atoms with Crippen molar-refractivity contribution in [3.05, 3.63) is 72.1 Å². The molecule has 4 unspecified atom stereocenters. The van der Waals surface area contributed by atoms with E-state index in [2.05, 4.69) is 15.6 Å². The number of nitrogens with one attached hydrogen (secondary N) is 1. The number of aliphatic hydroxyl groups is 1. The van der Waals surface area contributed by atoms with Gasteiger partial charge in [0.1, 0.15) is 18.1 Å². The van der Waals surface area contributed by atoms with E-state index in [9.17, 15) is 19.5 Å². The number of carbonyl (C=O) groups is 3. The first kappa shape index (κ1) is 27.1. The van der Waals surface area contributed by atoms with Crippen molar-refractivity contribution in [2.45, 2.75) is 75.1 Å². The van der Waals surface area contributed by atoms with Crippen molar-refractivity contribution in [3.8, 4) is 11.1 Å². The summed E-state index contributed by atoms with van der Waals surface area (Å²) in [5.74, 6) is -0.886. The second-order valence-corrected chi connectivity index (χ2v) is 11.7. The van der Waals surface area contributed by atoms with Crippen LogP contribution < -0.4 is 11.1 Å². The molecule has 2 aliphatic carbocycles. The van der Waals surface area contributed by atoms with E-state index in [0.29, 0.717) is 5.92 Å². The van der Waals surface area contributed by atoms with Gasteiger partial charge in [0.25, 0.3) is 0 Å². The summed E-state index contributed by atoms with van der Waals surface area (Å²) in [7, 11) is 0. The molecule has 2 heterocycles. The van der Waals surface area contributed by atoms with E-state index < -0.39 is 36.0 Å². The third-order valence-electron chi connectivity index (χ3n) is 8.68. The van der Waals surface area contributed by atoms with E-state index in [0.717, 1.165) is 54.5 Å². The minimum atomic E-state index is -0.960. The van der Waals surface area contributed by atoms with E-state index >= 15 is 0 Å². The van der Waals surface area contributed by atoms with Crippen molar-refractivity contribution in [2.24, 2.45) is 11.7 Å². The summed E-state index contributed by atoms with van der Waals surface area (Å²) in [4.78, 5) is 41.3. The van der Waals surface area contributed by atoms with Gasteiger partial charge in [-0.25, -0.2) is 4.68 Å². The van der Waals surface area contributed by atoms with Crippen LogP contribution in [0.3, 0.4) is 0 Å². The zero-order valence-electron chi connectivity index (χ0n) is 22.9. The van der Waals surface area contributed by atoms with Crippen LogP contribution in [-0.4, -0.2) is 67.5 Å². The Morgan fingerprint density at radius 1 is 1.00 bits per heavy atom. The Labute approximate surface area is 238 Å². The molecule has 3 aliphatic rings. The summed E-state index contributed by atoms with van der Waals surface area (Å²) in [6.45, 7) is 0.0481. The van der Waals surface area contributed by atoms with Crippen LogP contribution in [0.4, 0.5) is 0 Å². The predicted octanol–water partition coefficient (Wildman–Crippen LogP) is 2.34. The Morgan fingerprint density at radius 3 is 2.34 bits per heavy atom. The van der Waals surface area contributed by atoms with E-state index in [1.165, 1.54) is 4.90 Å². The standard InChI is InChI=1S/C31H36N6O4/c32-29(39)25(15-19-9-11-21(12-10-19)20-5-2-1-3-6-20)33-30(40)27-16-24(38)17-36(27)31(41)28(23-7-4-8-23)37-18-26(34-35-37)22-13-14-22/h1-3,5-6,9-12,18,22-25,27-28,38H,4,7-8,13-17H2,(H2,32,39)(H,33,40). The average Bonchev–Trinajstić information content (AvgIpc) is 3.55. The Morgan fingerprint density at radius 2 is 1.71 bits per heavy atom. The van der Waals surface area contributed by atoms with Gasteiger partial charge in [-0.3, -0.25) is 14.4 Å². The Bertz CT molecular complexity index is 1400. The third kappa shape index (κ3) is 5.88. The summed E-state index contributed by atoms with van der Waals surface area (Å²) < 4.78 is 1.66. The molecular weight excluding hydrogens is 520 g/mol. The zero-order valence-corrected chi connectivity index (χ0v) is 22.9. The maximum Gasteiger partial charge on any atom is 0.248 e. The number of nitrogens with zero attached hydrogens (tertiary/aromatic N) is 4. The number of hydrogen-bond acceptors (Lipinski definition) is 6. The van der Waals surface area contributed by atoms with Gasteiger partial charge in [-0.05, 0) is 48.3 Å². The van der Waals surface area contributed by atoms with Crippen LogP contribution >= 0.6 is 0 Å².